The minimum atomic E-state index is -4.57. The summed E-state index contributed by atoms with van der Waals surface area (Å²) in [7, 11) is 0. The maximum absolute atomic E-state index is 13.5. The number of nitrogens with zero attached hydrogens (tertiary/aromatic N) is 3. The number of fused-ring (bicyclic) bond motifs is 1. The molecule has 5 nitrogen and oxygen atoms in total. The van der Waals surface area contributed by atoms with Gasteiger partial charge in [0.05, 0.1) is 11.1 Å². The average molecular weight is 408 g/mol. The van der Waals surface area contributed by atoms with E-state index in [2.05, 4.69) is 25.6 Å². The van der Waals surface area contributed by atoms with Crippen LogP contribution in [0.3, 0.4) is 0 Å². The summed E-state index contributed by atoms with van der Waals surface area (Å²) in [6, 6.07) is 3.10. The first-order chi connectivity index (χ1) is 11.5. The van der Waals surface area contributed by atoms with Gasteiger partial charge in [-0.15, -0.1) is 24.8 Å². The number of aryl methyl sites for hydroxylation is 1. The summed E-state index contributed by atoms with van der Waals surface area (Å²) in [5.41, 5.74) is -0.414. The standard InChI is InChI=1S/C16H16F3N5.2ClH/c17-16(18,19)12-11(14-21-5-1-6-22-14)8-10-2-3-15(4-7-20-9-15)24-13(10)23-12;;/h1,5-6,8,20H,2-4,7,9H2,(H,23,24);2*1H. The van der Waals surface area contributed by atoms with E-state index in [1.54, 1.807) is 6.07 Å². The molecule has 1 spiro atoms. The first kappa shape index (κ1) is 20.7. The van der Waals surface area contributed by atoms with Crippen LogP contribution in [0.15, 0.2) is 24.5 Å². The Kier molecular flexibility index (Phi) is 5.99. The van der Waals surface area contributed by atoms with Crippen LogP contribution in [0.2, 0.25) is 0 Å². The lowest BCUT2D eigenvalue weighted by molar-refractivity contribution is -0.140. The normalized spacial score (nSPS) is 21.3. The summed E-state index contributed by atoms with van der Waals surface area (Å²) in [4.78, 5) is 11.9. The third-order valence-electron chi connectivity index (χ3n) is 4.68. The second kappa shape index (κ2) is 7.54. The fraction of sp³-hybridized carbons (Fsp3) is 0.438. The van der Waals surface area contributed by atoms with E-state index in [1.807, 2.05) is 0 Å². The van der Waals surface area contributed by atoms with Gasteiger partial charge in [0.1, 0.15) is 5.82 Å². The highest BCUT2D eigenvalue weighted by Gasteiger charge is 2.41. The number of hydrogen-bond acceptors (Lipinski definition) is 5. The molecule has 2 aromatic heterocycles. The smallest absolute Gasteiger partial charge is 0.363 e. The highest BCUT2D eigenvalue weighted by atomic mass is 35.5. The van der Waals surface area contributed by atoms with Crippen molar-refractivity contribution >= 4 is 30.6 Å². The molecule has 1 fully saturated rings. The van der Waals surface area contributed by atoms with Crippen molar-refractivity contribution in [3.05, 3.63) is 35.8 Å². The molecule has 0 bridgehead atoms. The molecule has 0 aromatic carbocycles. The maximum Gasteiger partial charge on any atom is 0.434 e. The van der Waals surface area contributed by atoms with Gasteiger partial charge >= 0.3 is 6.18 Å². The zero-order chi connectivity index (χ0) is 16.8. The molecule has 10 heteroatoms. The lowest BCUT2D eigenvalue weighted by Crippen LogP contribution is -2.44. The molecule has 2 N–H and O–H groups in total. The Bertz CT molecular complexity index is 764. The molecular formula is C16H18Cl2F3N5. The summed E-state index contributed by atoms with van der Waals surface area (Å²) >= 11 is 0. The van der Waals surface area contributed by atoms with Crippen LogP contribution < -0.4 is 10.6 Å². The predicted molar refractivity (Wildman–Crippen MR) is 96.9 cm³/mol. The lowest BCUT2D eigenvalue weighted by Gasteiger charge is -2.36. The topological polar surface area (TPSA) is 62.7 Å². The van der Waals surface area contributed by atoms with Crippen LogP contribution in [-0.2, 0) is 12.6 Å². The molecule has 1 unspecified atom stereocenters. The largest absolute Gasteiger partial charge is 0.434 e. The van der Waals surface area contributed by atoms with E-state index < -0.39 is 11.9 Å². The molecule has 26 heavy (non-hydrogen) atoms. The van der Waals surface area contributed by atoms with Crippen LogP contribution in [0, 0.1) is 0 Å². The van der Waals surface area contributed by atoms with Crippen LogP contribution in [0.25, 0.3) is 11.4 Å². The van der Waals surface area contributed by atoms with Crippen molar-refractivity contribution in [1.82, 2.24) is 20.3 Å². The summed E-state index contributed by atoms with van der Waals surface area (Å²) in [5.74, 6) is 0.375. The van der Waals surface area contributed by atoms with Gasteiger partial charge in [0.15, 0.2) is 11.5 Å². The second-order valence-electron chi connectivity index (χ2n) is 6.29. The Morgan fingerprint density at radius 2 is 1.81 bits per heavy atom. The number of anilines is 1. The van der Waals surface area contributed by atoms with Crippen LogP contribution in [0.4, 0.5) is 19.0 Å². The van der Waals surface area contributed by atoms with Gasteiger partial charge in [-0.2, -0.15) is 13.2 Å². The number of rotatable bonds is 1. The highest BCUT2D eigenvalue weighted by Crippen LogP contribution is 2.40. The van der Waals surface area contributed by atoms with E-state index in [0.717, 1.165) is 31.5 Å². The van der Waals surface area contributed by atoms with E-state index in [-0.39, 0.29) is 41.7 Å². The van der Waals surface area contributed by atoms with Crippen molar-refractivity contribution in [2.24, 2.45) is 0 Å². The van der Waals surface area contributed by atoms with Gasteiger partial charge in [-0.05, 0) is 43.5 Å². The number of aromatic nitrogens is 3. The van der Waals surface area contributed by atoms with Gasteiger partial charge in [0.2, 0.25) is 0 Å². The minimum Gasteiger partial charge on any atom is -0.363 e. The van der Waals surface area contributed by atoms with E-state index in [0.29, 0.717) is 12.2 Å². The van der Waals surface area contributed by atoms with Crippen molar-refractivity contribution in [2.75, 3.05) is 18.4 Å². The summed E-state index contributed by atoms with van der Waals surface area (Å²) in [6.45, 7) is 1.61. The Balaban J connectivity index is 0.00000121. The third kappa shape index (κ3) is 3.72. The molecule has 0 aliphatic carbocycles. The van der Waals surface area contributed by atoms with Crippen molar-refractivity contribution < 1.29 is 13.2 Å². The third-order valence-corrected chi connectivity index (χ3v) is 4.68. The van der Waals surface area contributed by atoms with Gasteiger partial charge in [-0.1, -0.05) is 0 Å². The molecule has 2 aliphatic heterocycles. The molecular weight excluding hydrogens is 390 g/mol. The Morgan fingerprint density at radius 3 is 2.42 bits per heavy atom. The first-order valence-electron chi connectivity index (χ1n) is 7.84. The molecule has 0 saturated carbocycles. The van der Waals surface area contributed by atoms with Gasteiger partial charge in [-0.25, -0.2) is 15.0 Å². The van der Waals surface area contributed by atoms with Crippen LogP contribution in [-0.4, -0.2) is 33.6 Å². The van der Waals surface area contributed by atoms with E-state index in [4.69, 9.17) is 0 Å². The quantitative estimate of drug-likeness (QED) is 0.757. The van der Waals surface area contributed by atoms with Crippen LogP contribution >= 0.6 is 24.8 Å². The number of halogens is 5. The number of pyridine rings is 1. The average Bonchev–Trinajstić information content (AvgIpc) is 3.01. The predicted octanol–water partition coefficient (Wildman–Crippen LogP) is 3.49. The van der Waals surface area contributed by atoms with E-state index >= 15 is 0 Å². The second-order valence-corrected chi connectivity index (χ2v) is 6.29. The molecule has 1 saturated heterocycles. The summed E-state index contributed by atoms with van der Waals surface area (Å²) in [5, 5.41) is 6.51. The van der Waals surface area contributed by atoms with Crippen LogP contribution in [0.1, 0.15) is 24.1 Å². The molecule has 142 valence electrons. The molecule has 4 heterocycles. The minimum absolute atomic E-state index is 0. The van der Waals surface area contributed by atoms with Gasteiger partial charge in [0, 0.05) is 18.9 Å². The zero-order valence-corrected chi connectivity index (χ0v) is 15.3. The van der Waals surface area contributed by atoms with Crippen molar-refractivity contribution in [3.8, 4) is 11.4 Å². The monoisotopic (exact) mass is 407 g/mol. The Labute approximate surface area is 161 Å². The van der Waals surface area contributed by atoms with E-state index in [1.165, 1.54) is 18.5 Å². The molecule has 2 aliphatic rings. The number of alkyl halides is 3. The highest BCUT2D eigenvalue weighted by molar-refractivity contribution is 5.85. The Morgan fingerprint density at radius 1 is 1.08 bits per heavy atom. The van der Waals surface area contributed by atoms with Gasteiger partial charge in [-0.3, -0.25) is 0 Å². The van der Waals surface area contributed by atoms with Gasteiger partial charge in [0.25, 0.3) is 0 Å². The van der Waals surface area contributed by atoms with Crippen LogP contribution in [0.5, 0.6) is 0 Å². The zero-order valence-electron chi connectivity index (χ0n) is 13.6. The Hall–Kier alpha value is -1.64. The van der Waals surface area contributed by atoms with Crippen molar-refractivity contribution in [1.29, 1.82) is 0 Å². The van der Waals surface area contributed by atoms with Crippen molar-refractivity contribution in [3.63, 3.8) is 0 Å². The molecule has 0 radical (unpaired) electrons. The summed E-state index contributed by atoms with van der Waals surface area (Å²) < 4.78 is 40.5. The van der Waals surface area contributed by atoms with Crippen molar-refractivity contribution in [2.45, 2.75) is 31.0 Å². The molecule has 0 amide bonds. The fourth-order valence-electron chi connectivity index (χ4n) is 3.43. The van der Waals surface area contributed by atoms with Gasteiger partial charge < -0.3 is 10.6 Å². The molecule has 2 aromatic rings. The molecule has 1 atom stereocenters. The maximum atomic E-state index is 13.5. The fourth-order valence-corrected chi connectivity index (χ4v) is 3.43. The molecule has 4 rings (SSSR count). The summed E-state index contributed by atoms with van der Waals surface area (Å²) in [6.07, 6.45) is 0.742. The SMILES string of the molecule is Cl.Cl.FC(F)(F)c1nc2c(cc1-c1ncccn1)CCC1(CCNC1)N2. The van der Waals surface area contributed by atoms with E-state index in [9.17, 15) is 13.2 Å². The lowest BCUT2D eigenvalue weighted by atomic mass is 9.86. The number of nitrogens with one attached hydrogen (secondary N) is 2. The number of hydrogen-bond donors (Lipinski definition) is 2. The first-order valence-corrected chi connectivity index (χ1v) is 7.84.